The molecule has 0 saturated carbocycles. The Bertz CT molecular complexity index is 1320. The average Bonchev–Trinajstić information content (AvgIpc) is 2.79. The standard InChI is InChI=1S/C21H21Cl2F2N7O3/c22-15-6-3-13(9-16(15)23)11-32-20(33)30-19(29-8-7-28-18(26)27)31(21(32)34)10-12-1-4-14(5-2-12)35-17(24)25/h1-6,9,17H,7-8,10-11H2,(H4,26,27,28)(H,29,30,33). The van der Waals surface area contributed by atoms with Crippen LogP contribution in [0.4, 0.5) is 14.7 Å². The molecule has 10 nitrogen and oxygen atoms in total. The van der Waals surface area contributed by atoms with Gasteiger partial charge in [-0.1, -0.05) is 41.4 Å². The number of halogens is 4. The minimum atomic E-state index is -2.96. The van der Waals surface area contributed by atoms with E-state index in [9.17, 15) is 18.4 Å². The number of hydrogen-bond acceptors (Lipinski definition) is 6. The third-order valence-electron chi connectivity index (χ3n) is 4.65. The maximum atomic E-state index is 13.3. The molecule has 0 fully saturated rings. The topological polar surface area (TPSA) is 143 Å². The fraction of sp³-hybridized carbons (Fsp3) is 0.238. The molecule has 0 spiro atoms. The minimum Gasteiger partial charge on any atom is -0.435 e. The van der Waals surface area contributed by atoms with Crippen molar-refractivity contribution in [1.82, 2.24) is 14.1 Å². The Balaban J connectivity index is 1.97. The highest BCUT2D eigenvalue weighted by Crippen LogP contribution is 2.22. The van der Waals surface area contributed by atoms with Gasteiger partial charge in [0.2, 0.25) is 5.95 Å². The lowest BCUT2D eigenvalue weighted by molar-refractivity contribution is -0.0498. The van der Waals surface area contributed by atoms with Crippen LogP contribution in [0.25, 0.3) is 0 Å². The van der Waals surface area contributed by atoms with Crippen LogP contribution < -0.4 is 32.9 Å². The second-order valence-electron chi connectivity index (χ2n) is 7.18. The van der Waals surface area contributed by atoms with Crippen LogP contribution in [0.3, 0.4) is 0 Å². The molecule has 0 unspecified atom stereocenters. The highest BCUT2D eigenvalue weighted by atomic mass is 35.5. The lowest BCUT2D eigenvalue weighted by Gasteiger charge is -2.16. The largest absolute Gasteiger partial charge is 0.435 e. The highest BCUT2D eigenvalue weighted by molar-refractivity contribution is 6.42. The number of guanidine groups is 1. The smallest absolute Gasteiger partial charge is 0.387 e. The molecule has 1 heterocycles. The average molecular weight is 528 g/mol. The van der Waals surface area contributed by atoms with Crippen molar-refractivity contribution >= 4 is 35.1 Å². The Morgan fingerprint density at radius 2 is 1.69 bits per heavy atom. The Morgan fingerprint density at radius 1 is 1.03 bits per heavy atom. The van der Waals surface area contributed by atoms with Crippen LogP contribution >= 0.6 is 23.2 Å². The molecule has 0 aliphatic rings. The Morgan fingerprint density at radius 3 is 2.31 bits per heavy atom. The maximum Gasteiger partial charge on any atom is 0.387 e. The van der Waals surface area contributed by atoms with Crippen LogP contribution in [0.1, 0.15) is 11.1 Å². The fourth-order valence-corrected chi connectivity index (χ4v) is 3.39. The molecule has 14 heteroatoms. The third kappa shape index (κ3) is 7.17. The van der Waals surface area contributed by atoms with Gasteiger partial charge in [0.15, 0.2) is 5.96 Å². The molecular formula is C21H21Cl2F2N7O3. The number of nitrogens with zero attached hydrogens (tertiary/aromatic N) is 4. The Kier molecular flexibility index (Phi) is 8.66. The number of benzene rings is 2. The first-order chi connectivity index (χ1) is 16.6. The van der Waals surface area contributed by atoms with Crippen LogP contribution in [0, 0.1) is 0 Å². The van der Waals surface area contributed by atoms with Crippen molar-refractivity contribution < 1.29 is 13.5 Å². The first-order valence-corrected chi connectivity index (χ1v) is 10.9. The second kappa shape index (κ2) is 11.7. The molecule has 0 aliphatic heterocycles. The van der Waals surface area contributed by atoms with Crippen LogP contribution in [0.15, 0.2) is 57.0 Å². The predicted octanol–water partition coefficient (Wildman–Crippen LogP) is 2.10. The van der Waals surface area contributed by atoms with Gasteiger partial charge >= 0.3 is 18.0 Å². The maximum absolute atomic E-state index is 13.3. The number of rotatable bonds is 10. The molecule has 5 N–H and O–H groups in total. The number of aromatic nitrogens is 3. The molecule has 0 radical (unpaired) electrons. The highest BCUT2D eigenvalue weighted by Gasteiger charge is 2.15. The monoisotopic (exact) mass is 527 g/mol. The van der Waals surface area contributed by atoms with Crippen LogP contribution in [-0.4, -0.2) is 39.8 Å². The second-order valence-corrected chi connectivity index (χ2v) is 7.99. The summed E-state index contributed by atoms with van der Waals surface area (Å²) in [5.74, 6) is -0.154. The van der Waals surface area contributed by atoms with E-state index in [1.54, 1.807) is 18.2 Å². The molecule has 1 aromatic heterocycles. The summed E-state index contributed by atoms with van der Waals surface area (Å²) in [5.41, 5.74) is 10.3. The van der Waals surface area contributed by atoms with E-state index in [2.05, 4.69) is 20.0 Å². The molecule has 186 valence electrons. The molecule has 2 aromatic carbocycles. The van der Waals surface area contributed by atoms with Gasteiger partial charge in [-0.3, -0.25) is 9.56 Å². The number of alkyl halides is 2. The van der Waals surface area contributed by atoms with Gasteiger partial charge in [0, 0.05) is 6.54 Å². The van der Waals surface area contributed by atoms with Gasteiger partial charge in [-0.15, -0.1) is 0 Å². The van der Waals surface area contributed by atoms with E-state index in [1.165, 1.54) is 28.8 Å². The van der Waals surface area contributed by atoms with Gasteiger partial charge in [0.05, 0.1) is 29.7 Å². The summed E-state index contributed by atoms with van der Waals surface area (Å²) >= 11 is 12.0. The van der Waals surface area contributed by atoms with Crippen molar-refractivity contribution in [3.05, 3.63) is 84.6 Å². The van der Waals surface area contributed by atoms with Crippen molar-refractivity contribution in [2.45, 2.75) is 19.7 Å². The molecule has 0 atom stereocenters. The Hall–Kier alpha value is -3.64. The van der Waals surface area contributed by atoms with Crippen molar-refractivity contribution in [3.63, 3.8) is 0 Å². The number of anilines is 1. The quantitative estimate of drug-likeness (QED) is 0.208. The first kappa shape index (κ1) is 26.0. The van der Waals surface area contributed by atoms with Crippen LogP contribution in [0.2, 0.25) is 10.0 Å². The summed E-state index contributed by atoms with van der Waals surface area (Å²) in [5, 5.41) is 3.48. The molecule has 0 saturated heterocycles. The van der Waals surface area contributed by atoms with Gasteiger partial charge < -0.3 is 21.5 Å². The summed E-state index contributed by atoms with van der Waals surface area (Å²) in [4.78, 5) is 33.9. The van der Waals surface area contributed by atoms with E-state index in [0.717, 1.165) is 4.57 Å². The molecule has 3 rings (SSSR count). The first-order valence-electron chi connectivity index (χ1n) is 10.1. The molecule has 0 amide bonds. The molecule has 3 aromatic rings. The van der Waals surface area contributed by atoms with Gasteiger partial charge in [-0.05, 0) is 35.4 Å². The number of nitrogens with one attached hydrogen (secondary N) is 1. The van der Waals surface area contributed by atoms with Gasteiger partial charge in [-0.2, -0.15) is 13.8 Å². The summed E-state index contributed by atoms with van der Waals surface area (Å²) in [7, 11) is 0. The van der Waals surface area contributed by atoms with E-state index in [0.29, 0.717) is 16.1 Å². The Labute approximate surface area is 207 Å². The van der Waals surface area contributed by atoms with E-state index in [4.69, 9.17) is 34.7 Å². The van der Waals surface area contributed by atoms with Crippen molar-refractivity contribution in [1.29, 1.82) is 0 Å². The molecular weight excluding hydrogens is 507 g/mol. The zero-order valence-electron chi connectivity index (χ0n) is 18.1. The molecule has 0 aliphatic carbocycles. The van der Waals surface area contributed by atoms with E-state index in [-0.39, 0.29) is 48.9 Å². The molecule has 0 bridgehead atoms. The predicted molar refractivity (Wildman–Crippen MR) is 130 cm³/mol. The normalized spacial score (nSPS) is 10.9. The van der Waals surface area contributed by atoms with Crippen molar-refractivity contribution in [3.8, 4) is 5.75 Å². The van der Waals surface area contributed by atoms with Crippen molar-refractivity contribution in [2.75, 3.05) is 18.4 Å². The van der Waals surface area contributed by atoms with Gasteiger partial charge in [0.25, 0.3) is 0 Å². The zero-order valence-corrected chi connectivity index (χ0v) is 19.6. The minimum absolute atomic E-state index is 0.0101. The zero-order chi connectivity index (χ0) is 25.5. The third-order valence-corrected chi connectivity index (χ3v) is 5.39. The van der Waals surface area contributed by atoms with Crippen LogP contribution in [-0.2, 0) is 13.1 Å². The van der Waals surface area contributed by atoms with Gasteiger partial charge in [-0.25, -0.2) is 14.2 Å². The van der Waals surface area contributed by atoms with E-state index >= 15 is 0 Å². The van der Waals surface area contributed by atoms with Gasteiger partial charge in [0.1, 0.15) is 5.75 Å². The van der Waals surface area contributed by atoms with E-state index in [1.807, 2.05) is 0 Å². The number of hydrogen-bond donors (Lipinski definition) is 3. The lowest BCUT2D eigenvalue weighted by atomic mass is 10.2. The molecule has 35 heavy (non-hydrogen) atoms. The SMILES string of the molecule is NC(N)=NCCNc1nc(=O)n(Cc2ccc(Cl)c(Cl)c2)c(=O)n1Cc1ccc(OC(F)F)cc1. The summed E-state index contributed by atoms with van der Waals surface area (Å²) in [6.45, 7) is -2.73. The fourth-order valence-electron chi connectivity index (χ4n) is 3.07. The lowest BCUT2D eigenvalue weighted by Crippen LogP contribution is -2.43. The summed E-state index contributed by atoms with van der Waals surface area (Å²) < 4.78 is 31.4. The van der Waals surface area contributed by atoms with Crippen molar-refractivity contribution in [2.24, 2.45) is 16.5 Å². The van der Waals surface area contributed by atoms with Crippen LogP contribution in [0.5, 0.6) is 5.75 Å². The number of aliphatic imine (C=N–C) groups is 1. The summed E-state index contributed by atoms with van der Waals surface area (Å²) in [6.07, 6.45) is 0. The number of nitrogens with two attached hydrogens (primary N) is 2. The summed E-state index contributed by atoms with van der Waals surface area (Å²) in [6, 6.07) is 10.5. The van der Waals surface area contributed by atoms with E-state index < -0.39 is 18.0 Å². The number of ether oxygens (including phenoxy) is 1.